The van der Waals surface area contributed by atoms with Gasteiger partial charge < -0.3 is 5.73 Å². The van der Waals surface area contributed by atoms with Gasteiger partial charge in [-0.25, -0.2) is 14.2 Å². The van der Waals surface area contributed by atoms with Gasteiger partial charge in [0, 0.05) is 11.3 Å². The lowest BCUT2D eigenvalue weighted by Crippen LogP contribution is -2.17. The van der Waals surface area contributed by atoms with Crippen molar-refractivity contribution in [1.82, 2.24) is 5.43 Å². The largest absolute Gasteiger partial charge is 0.399 e. The second kappa shape index (κ2) is 5.92. The van der Waals surface area contributed by atoms with Gasteiger partial charge in [-0.15, -0.1) is 0 Å². The second-order valence-corrected chi connectivity index (χ2v) is 3.96. The van der Waals surface area contributed by atoms with Gasteiger partial charge in [0.05, 0.1) is 11.8 Å². The molecule has 0 aliphatic rings. The Balaban J connectivity index is 2.06. The fraction of sp³-hybridized carbons (Fsp3) is 0. The first-order valence-electron chi connectivity index (χ1n) is 5.71. The number of halogens is 2. The molecule has 2 aromatic carbocycles. The molecule has 2 rings (SSSR count). The maximum atomic E-state index is 13.3. The third-order valence-corrected chi connectivity index (χ3v) is 2.53. The standard InChI is InChI=1S/C14H11F2N3O/c15-12-2-1-3-13(16)11(12)8-18-19-14(20)9-4-6-10(17)7-5-9/h1-8H,17H2,(H,19,20). The number of carbonyl (C=O) groups is 1. The average molecular weight is 275 g/mol. The summed E-state index contributed by atoms with van der Waals surface area (Å²) < 4.78 is 26.6. The Kier molecular flexibility index (Phi) is 4.05. The summed E-state index contributed by atoms with van der Waals surface area (Å²) in [5.74, 6) is -2.01. The van der Waals surface area contributed by atoms with Crippen molar-refractivity contribution < 1.29 is 13.6 Å². The number of hydrogen-bond acceptors (Lipinski definition) is 3. The fourth-order valence-electron chi connectivity index (χ4n) is 1.49. The number of benzene rings is 2. The van der Waals surface area contributed by atoms with E-state index in [1.54, 1.807) is 12.1 Å². The molecule has 6 heteroatoms. The normalized spacial score (nSPS) is 10.7. The Bertz CT molecular complexity index is 634. The molecule has 3 N–H and O–H groups in total. The van der Waals surface area contributed by atoms with Crippen LogP contribution in [0.3, 0.4) is 0 Å². The molecule has 0 atom stereocenters. The van der Waals surface area contributed by atoms with Crippen LogP contribution < -0.4 is 11.2 Å². The van der Waals surface area contributed by atoms with Crippen molar-refractivity contribution in [1.29, 1.82) is 0 Å². The summed E-state index contributed by atoms with van der Waals surface area (Å²) >= 11 is 0. The van der Waals surface area contributed by atoms with Gasteiger partial charge in [0.15, 0.2) is 0 Å². The molecule has 0 aromatic heterocycles. The Labute approximate surface area is 113 Å². The van der Waals surface area contributed by atoms with E-state index in [2.05, 4.69) is 10.5 Å². The highest BCUT2D eigenvalue weighted by molar-refractivity contribution is 5.95. The minimum atomic E-state index is -0.754. The number of anilines is 1. The molecule has 1 amide bonds. The van der Waals surface area contributed by atoms with E-state index < -0.39 is 17.5 Å². The van der Waals surface area contributed by atoms with E-state index in [0.717, 1.165) is 18.3 Å². The van der Waals surface area contributed by atoms with Crippen molar-refractivity contribution >= 4 is 17.8 Å². The number of nitrogens with zero attached hydrogens (tertiary/aromatic N) is 1. The van der Waals surface area contributed by atoms with Crippen LogP contribution in [0.25, 0.3) is 0 Å². The van der Waals surface area contributed by atoms with Crippen molar-refractivity contribution in [2.24, 2.45) is 5.10 Å². The number of rotatable bonds is 3. The van der Waals surface area contributed by atoms with Crippen molar-refractivity contribution in [2.75, 3.05) is 5.73 Å². The van der Waals surface area contributed by atoms with Gasteiger partial charge in [-0.05, 0) is 36.4 Å². The predicted octanol–water partition coefficient (Wildman–Crippen LogP) is 2.31. The summed E-state index contributed by atoms with van der Waals surface area (Å²) in [6, 6.07) is 9.62. The summed E-state index contributed by atoms with van der Waals surface area (Å²) in [5, 5.41) is 3.53. The number of nitrogen functional groups attached to an aromatic ring is 1. The van der Waals surface area contributed by atoms with Crippen molar-refractivity contribution in [3.05, 3.63) is 65.2 Å². The maximum Gasteiger partial charge on any atom is 0.271 e. The van der Waals surface area contributed by atoms with Crippen LogP contribution in [0, 0.1) is 11.6 Å². The molecule has 0 unspecified atom stereocenters. The first-order valence-corrected chi connectivity index (χ1v) is 5.71. The zero-order valence-corrected chi connectivity index (χ0v) is 10.3. The van der Waals surface area contributed by atoms with E-state index in [9.17, 15) is 13.6 Å². The monoisotopic (exact) mass is 275 g/mol. The summed E-state index contributed by atoms with van der Waals surface area (Å²) in [6.45, 7) is 0. The van der Waals surface area contributed by atoms with Gasteiger partial charge in [0.2, 0.25) is 0 Å². The highest BCUT2D eigenvalue weighted by atomic mass is 19.1. The average Bonchev–Trinajstić information content (AvgIpc) is 2.42. The molecule has 0 bridgehead atoms. The molecule has 20 heavy (non-hydrogen) atoms. The van der Waals surface area contributed by atoms with E-state index in [1.165, 1.54) is 18.2 Å². The summed E-state index contributed by atoms with van der Waals surface area (Å²) in [7, 11) is 0. The lowest BCUT2D eigenvalue weighted by molar-refractivity contribution is 0.0955. The maximum absolute atomic E-state index is 13.3. The van der Waals surface area contributed by atoms with Gasteiger partial charge >= 0.3 is 0 Å². The number of nitrogens with two attached hydrogens (primary N) is 1. The zero-order valence-electron chi connectivity index (χ0n) is 10.3. The van der Waals surface area contributed by atoms with Crippen LogP contribution in [0.4, 0.5) is 14.5 Å². The molecule has 0 saturated heterocycles. The van der Waals surface area contributed by atoms with E-state index in [-0.39, 0.29) is 5.56 Å². The molecule has 0 aliphatic carbocycles. The third-order valence-electron chi connectivity index (χ3n) is 2.53. The SMILES string of the molecule is Nc1ccc(C(=O)NN=Cc2c(F)cccc2F)cc1. The molecule has 0 fully saturated rings. The Morgan fingerprint density at radius 2 is 1.70 bits per heavy atom. The summed E-state index contributed by atoms with van der Waals surface area (Å²) in [6.07, 6.45) is 0.917. The summed E-state index contributed by atoms with van der Waals surface area (Å²) in [5.41, 5.74) is 8.22. The lowest BCUT2D eigenvalue weighted by atomic mass is 10.2. The van der Waals surface area contributed by atoms with Gasteiger partial charge in [0.1, 0.15) is 11.6 Å². The van der Waals surface area contributed by atoms with Crippen LogP contribution in [0.2, 0.25) is 0 Å². The van der Waals surface area contributed by atoms with Crippen molar-refractivity contribution in [3.63, 3.8) is 0 Å². The molecular formula is C14H11F2N3O. The minimum absolute atomic E-state index is 0.315. The number of hydrazone groups is 1. The molecule has 0 saturated carbocycles. The number of carbonyl (C=O) groups excluding carboxylic acids is 1. The van der Waals surface area contributed by atoms with Gasteiger partial charge in [-0.3, -0.25) is 4.79 Å². The smallest absolute Gasteiger partial charge is 0.271 e. The zero-order chi connectivity index (χ0) is 14.5. The number of amides is 1. The Morgan fingerprint density at radius 1 is 1.10 bits per heavy atom. The highest BCUT2D eigenvalue weighted by Crippen LogP contribution is 2.09. The van der Waals surface area contributed by atoms with Gasteiger partial charge in [0.25, 0.3) is 5.91 Å². The van der Waals surface area contributed by atoms with Crippen LogP contribution in [0.1, 0.15) is 15.9 Å². The molecule has 2 aromatic rings. The molecular weight excluding hydrogens is 264 g/mol. The fourth-order valence-corrected chi connectivity index (χ4v) is 1.49. The quantitative estimate of drug-likeness (QED) is 0.513. The lowest BCUT2D eigenvalue weighted by Gasteiger charge is -2.01. The molecule has 0 heterocycles. The number of nitrogens with one attached hydrogen (secondary N) is 1. The molecule has 0 spiro atoms. The molecule has 102 valence electrons. The van der Waals surface area contributed by atoms with E-state index in [0.29, 0.717) is 11.3 Å². The van der Waals surface area contributed by atoms with Crippen LogP contribution >= 0.6 is 0 Å². The Morgan fingerprint density at radius 3 is 2.30 bits per heavy atom. The second-order valence-electron chi connectivity index (χ2n) is 3.96. The van der Waals surface area contributed by atoms with E-state index >= 15 is 0 Å². The van der Waals surface area contributed by atoms with Crippen LogP contribution in [-0.2, 0) is 0 Å². The van der Waals surface area contributed by atoms with Crippen molar-refractivity contribution in [3.8, 4) is 0 Å². The summed E-state index contributed by atoms with van der Waals surface area (Å²) in [4.78, 5) is 11.7. The van der Waals surface area contributed by atoms with E-state index in [1.807, 2.05) is 0 Å². The topological polar surface area (TPSA) is 67.5 Å². The van der Waals surface area contributed by atoms with Gasteiger partial charge in [-0.2, -0.15) is 5.10 Å². The van der Waals surface area contributed by atoms with Crippen molar-refractivity contribution in [2.45, 2.75) is 0 Å². The first kappa shape index (κ1) is 13.7. The number of hydrogen-bond donors (Lipinski definition) is 2. The molecule has 0 aliphatic heterocycles. The molecule has 4 nitrogen and oxygen atoms in total. The highest BCUT2D eigenvalue weighted by Gasteiger charge is 2.06. The first-order chi connectivity index (χ1) is 9.58. The van der Waals surface area contributed by atoms with Crippen LogP contribution in [0.5, 0.6) is 0 Å². The third kappa shape index (κ3) is 3.17. The predicted molar refractivity (Wildman–Crippen MR) is 72.3 cm³/mol. The Hall–Kier alpha value is -2.76. The minimum Gasteiger partial charge on any atom is -0.399 e. The van der Waals surface area contributed by atoms with Gasteiger partial charge in [-0.1, -0.05) is 6.07 Å². The molecule has 0 radical (unpaired) electrons. The van der Waals surface area contributed by atoms with Crippen LogP contribution in [0.15, 0.2) is 47.6 Å². The van der Waals surface area contributed by atoms with E-state index in [4.69, 9.17) is 5.73 Å². The van der Waals surface area contributed by atoms with Crippen LogP contribution in [-0.4, -0.2) is 12.1 Å².